The molecule has 0 aromatic carbocycles. The van der Waals surface area contributed by atoms with Crippen LogP contribution in [-0.2, 0) is 23.8 Å². The molecular formula is C21H32N4O8. The lowest BCUT2D eigenvalue weighted by Gasteiger charge is -2.26. The minimum Gasteiger partial charge on any atom is -0.467 e. The zero-order chi connectivity index (χ0) is 25.1. The fourth-order valence-corrected chi connectivity index (χ4v) is 3.35. The van der Waals surface area contributed by atoms with Crippen molar-refractivity contribution in [2.45, 2.75) is 78.0 Å². The fourth-order valence-electron chi connectivity index (χ4n) is 3.35. The Balaban J connectivity index is 2.23. The maximum atomic E-state index is 13.0. The summed E-state index contributed by atoms with van der Waals surface area (Å²) in [6.45, 7) is 10.1. The van der Waals surface area contributed by atoms with Gasteiger partial charge in [-0.05, 0) is 33.6 Å². The summed E-state index contributed by atoms with van der Waals surface area (Å²) in [5.74, 6) is -1.58. The molecule has 33 heavy (non-hydrogen) atoms. The Morgan fingerprint density at radius 2 is 1.88 bits per heavy atom. The topological polar surface area (TPSA) is 158 Å². The normalized spacial score (nSPS) is 21.4. The molecule has 2 amide bonds. The molecule has 0 radical (unpaired) electrons. The highest BCUT2D eigenvalue weighted by Crippen LogP contribution is 2.28. The molecule has 1 aromatic heterocycles. The number of carbonyl (C=O) groups is 3. The highest BCUT2D eigenvalue weighted by Gasteiger charge is 2.43. The summed E-state index contributed by atoms with van der Waals surface area (Å²) in [5.41, 5.74) is -1.71. The summed E-state index contributed by atoms with van der Waals surface area (Å²) < 4.78 is 16.9. The molecule has 0 bridgehead atoms. The molecule has 3 N–H and O–H groups in total. The number of aryl methyl sites for hydroxylation is 1. The van der Waals surface area contributed by atoms with Gasteiger partial charge in [0, 0.05) is 18.2 Å². The van der Waals surface area contributed by atoms with Crippen LogP contribution in [0, 0.1) is 12.8 Å². The number of hydrogen-bond acceptors (Lipinski definition) is 8. The number of nitrogens with one attached hydrogen (secondary N) is 3. The van der Waals surface area contributed by atoms with Gasteiger partial charge in [0.1, 0.15) is 17.9 Å². The van der Waals surface area contributed by atoms with Gasteiger partial charge in [0.2, 0.25) is 5.91 Å². The lowest BCUT2D eigenvalue weighted by Crippen LogP contribution is -2.55. The van der Waals surface area contributed by atoms with Crippen LogP contribution in [0.3, 0.4) is 0 Å². The molecule has 12 nitrogen and oxygen atoms in total. The van der Waals surface area contributed by atoms with E-state index in [0.717, 1.165) is 4.57 Å². The Bertz CT molecular complexity index is 1010. The molecule has 1 fully saturated rings. The Hall–Kier alpha value is -3.15. The van der Waals surface area contributed by atoms with Crippen molar-refractivity contribution in [2.75, 3.05) is 7.11 Å². The van der Waals surface area contributed by atoms with E-state index in [-0.39, 0.29) is 17.9 Å². The molecule has 12 heteroatoms. The molecule has 184 valence electrons. The Labute approximate surface area is 191 Å². The zero-order valence-electron chi connectivity index (χ0n) is 19.9. The summed E-state index contributed by atoms with van der Waals surface area (Å²) in [4.78, 5) is 63.6. The predicted molar refractivity (Wildman–Crippen MR) is 117 cm³/mol. The van der Waals surface area contributed by atoms with Crippen LogP contribution in [0.5, 0.6) is 0 Å². The van der Waals surface area contributed by atoms with Crippen molar-refractivity contribution < 1.29 is 28.6 Å². The number of amides is 2. The van der Waals surface area contributed by atoms with Crippen LogP contribution >= 0.6 is 0 Å². The first kappa shape index (κ1) is 26.1. The Morgan fingerprint density at radius 1 is 1.24 bits per heavy atom. The minimum atomic E-state index is -1.20. The van der Waals surface area contributed by atoms with Crippen LogP contribution < -0.4 is 21.9 Å². The van der Waals surface area contributed by atoms with Crippen molar-refractivity contribution in [2.24, 2.45) is 5.92 Å². The molecule has 1 saturated heterocycles. The lowest BCUT2D eigenvalue weighted by molar-refractivity contribution is -0.156. The highest BCUT2D eigenvalue weighted by atomic mass is 16.6. The van der Waals surface area contributed by atoms with Gasteiger partial charge in [-0.2, -0.15) is 0 Å². The van der Waals surface area contributed by atoms with Crippen molar-refractivity contribution in [3.8, 4) is 0 Å². The predicted octanol–water partition coefficient (Wildman–Crippen LogP) is 0.340. The molecule has 0 saturated carbocycles. The third-order valence-electron chi connectivity index (χ3n) is 4.96. The van der Waals surface area contributed by atoms with E-state index >= 15 is 0 Å². The average Bonchev–Trinajstić information content (AvgIpc) is 3.10. The third-order valence-corrected chi connectivity index (χ3v) is 4.96. The number of hydrogen-bond donors (Lipinski definition) is 3. The summed E-state index contributed by atoms with van der Waals surface area (Å²) in [7, 11) is 1.18. The molecule has 2 rings (SSSR count). The number of alkyl carbamates (subject to hydrolysis) is 1. The second-order valence-electron chi connectivity index (χ2n) is 9.23. The van der Waals surface area contributed by atoms with Crippen molar-refractivity contribution in [3.05, 3.63) is 32.6 Å². The second kappa shape index (κ2) is 10.2. The monoisotopic (exact) mass is 468 g/mol. The van der Waals surface area contributed by atoms with Gasteiger partial charge >= 0.3 is 17.8 Å². The maximum Gasteiger partial charge on any atom is 0.408 e. The molecule has 0 unspecified atom stereocenters. The van der Waals surface area contributed by atoms with Crippen LogP contribution in [0.4, 0.5) is 4.79 Å². The van der Waals surface area contributed by atoms with E-state index in [1.165, 1.54) is 20.2 Å². The molecule has 2 heterocycles. The van der Waals surface area contributed by atoms with E-state index in [9.17, 15) is 24.0 Å². The lowest BCUT2D eigenvalue weighted by atomic mass is 10.0. The molecule has 4 atom stereocenters. The van der Waals surface area contributed by atoms with E-state index in [1.54, 1.807) is 34.6 Å². The first-order chi connectivity index (χ1) is 15.2. The van der Waals surface area contributed by atoms with Crippen LogP contribution in [0.1, 0.15) is 52.8 Å². The third kappa shape index (κ3) is 6.67. The fraction of sp³-hybridized carbons (Fsp3) is 0.667. The number of methoxy groups -OCH3 is 1. The Kier molecular flexibility index (Phi) is 8.06. The molecule has 0 aliphatic carbocycles. The van der Waals surface area contributed by atoms with Gasteiger partial charge in [0.25, 0.3) is 5.56 Å². The molecule has 1 aromatic rings. The van der Waals surface area contributed by atoms with Crippen molar-refractivity contribution >= 4 is 18.0 Å². The van der Waals surface area contributed by atoms with E-state index in [1.807, 2.05) is 0 Å². The van der Waals surface area contributed by atoms with E-state index in [0.29, 0.717) is 0 Å². The van der Waals surface area contributed by atoms with Crippen LogP contribution in [0.25, 0.3) is 0 Å². The zero-order valence-corrected chi connectivity index (χ0v) is 19.9. The first-order valence-electron chi connectivity index (χ1n) is 10.6. The minimum absolute atomic E-state index is 0.0498. The summed E-state index contributed by atoms with van der Waals surface area (Å²) >= 11 is 0. The number of esters is 1. The van der Waals surface area contributed by atoms with Gasteiger partial charge < -0.3 is 24.8 Å². The number of aromatic amines is 1. The SMILES string of the molecule is COC(=O)[C@H]1O[C@@H](n2cc(C)c(=O)[nH]c2=O)C[C@@H]1NC(=O)[C@@H](NC(=O)OC(C)(C)C)C(C)C. The maximum absolute atomic E-state index is 13.0. The van der Waals surface area contributed by atoms with Gasteiger partial charge in [0.05, 0.1) is 13.2 Å². The van der Waals surface area contributed by atoms with Crippen molar-refractivity contribution in [1.29, 1.82) is 0 Å². The number of H-pyrrole nitrogens is 1. The number of aromatic nitrogens is 2. The van der Waals surface area contributed by atoms with Crippen LogP contribution in [-0.4, -0.2) is 58.4 Å². The largest absolute Gasteiger partial charge is 0.467 e. The smallest absolute Gasteiger partial charge is 0.408 e. The summed E-state index contributed by atoms with van der Waals surface area (Å²) in [6, 6.07) is -1.80. The average molecular weight is 469 g/mol. The van der Waals surface area contributed by atoms with Crippen LogP contribution in [0.15, 0.2) is 15.8 Å². The van der Waals surface area contributed by atoms with Gasteiger partial charge in [-0.3, -0.25) is 19.1 Å². The van der Waals surface area contributed by atoms with Crippen LogP contribution in [0.2, 0.25) is 0 Å². The van der Waals surface area contributed by atoms with E-state index in [4.69, 9.17) is 14.2 Å². The highest BCUT2D eigenvalue weighted by molar-refractivity contribution is 5.87. The molecule has 0 spiro atoms. The standard InChI is InChI=1S/C21H32N4O8/c1-10(2)14(23-20(30)33-21(4,5)6)17(27)22-12-8-13(32-15(12)18(28)31-7)25-9-11(3)16(26)24-19(25)29/h9-10,12-15H,8H2,1-7H3,(H,22,27)(H,23,30)(H,24,26,29)/t12-,13+,14-,15-/m0/s1. The first-order valence-corrected chi connectivity index (χ1v) is 10.6. The Morgan fingerprint density at radius 3 is 2.42 bits per heavy atom. The summed E-state index contributed by atoms with van der Waals surface area (Å²) in [5, 5.41) is 5.26. The molecule has 1 aliphatic rings. The number of ether oxygens (including phenoxy) is 3. The quantitative estimate of drug-likeness (QED) is 0.504. The van der Waals surface area contributed by atoms with Crippen molar-refractivity contribution in [3.63, 3.8) is 0 Å². The number of carbonyl (C=O) groups excluding carboxylic acids is 3. The molecule has 1 aliphatic heterocycles. The van der Waals surface area contributed by atoms with Gasteiger partial charge in [0.15, 0.2) is 6.10 Å². The van der Waals surface area contributed by atoms with Gasteiger partial charge in [-0.15, -0.1) is 0 Å². The van der Waals surface area contributed by atoms with E-state index in [2.05, 4.69) is 15.6 Å². The van der Waals surface area contributed by atoms with Crippen molar-refractivity contribution in [1.82, 2.24) is 20.2 Å². The van der Waals surface area contributed by atoms with E-state index < -0.39 is 59.2 Å². The number of rotatable bonds is 6. The van der Waals surface area contributed by atoms with Gasteiger partial charge in [-0.25, -0.2) is 14.4 Å². The summed E-state index contributed by atoms with van der Waals surface area (Å²) in [6.07, 6.45) is -1.51. The second-order valence-corrected chi connectivity index (χ2v) is 9.23. The number of nitrogens with zero attached hydrogens (tertiary/aromatic N) is 1. The molecular weight excluding hydrogens is 436 g/mol. The van der Waals surface area contributed by atoms with Gasteiger partial charge in [-0.1, -0.05) is 13.8 Å².